The molecular weight excluding hydrogens is 270 g/mol. The summed E-state index contributed by atoms with van der Waals surface area (Å²) in [6.45, 7) is 6.54. The van der Waals surface area contributed by atoms with Crippen LogP contribution in [0.1, 0.15) is 19.4 Å². The normalized spacial score (nSPS) is 22.9. The average molecular weight is 295 g/mol. The highest BCUT2D eigenvalue weighted by atomic mass is 32.2. The molecule has 0 radical (unpaired) electrons. The highest BCUT2D eigenvalue weighted by molar-refractivity contribution is 7.98. The minimum atomic E-state index is -0.430. The zero-order chi connectivity index (χ0) is 14.4. The van der Waals surface area contributed by atoms with Crippen LogP contribution in [0.15, 0.2) is 30.3 Å². The van der Waals surface area contributed by atoms with Crippen LogP contribution in [0.4, 0.5) is 0 Å². The van der Waals surface area contributed by atoms with Crippen molar-refractivity contribution in [2.75, 3.05) is 25.2 Å². The zero-order valence-corrected chi connectivity index (χ0v) is 13.4. The summed E-state index contributed by atoms with van der Waals surface area (Å²) in [6.07, 6.45) is 2.34. The van der Waals surface area contributed by atoms with Crippen LogP contribution in [-0.4, -0.2) is 37.1 Å². The van der Waals surface area contributed by atoms with E-state index in [2.05, 4.69) is 35.8 Å². The van der Waals surface area contributed by atoms with Gasteiger partial charge >= 0.3 is 0 Å². The molecule has 1 N–H and O–H groups in total. The lowest BCUT2D eigenvalue weighted by Gasteiger charge is -2.24. The van der Waals surface area contributed by atoms with Crippen molar-refractivity contribution in [3.8, 4) is 0 Å². The van der Waals surface area contributed by atoms with E-state index < -0.39 is 5.79 Å². The predicted molar refractivity (Wildman–Crippen MR) is 84.9 cm³/mol. The molecule has 0 bridgehead atoms. The Balaban J connectivity index is 1.81. The standard InChI is InChI=1S/C16H25NO2S/c1-16(2)18-11-15(19-16)14(12-20-3)10-17-9-13-7-5-4-6-8-13/h4-8,14-15,17H,9-12H2,1-3H3/t14-,15+/m1/s1. The Kier molecular flexibility index (Phi) is 5.90. The quantitative estimate of drug-likeness (QED) is 0.838. The highest BCUT2D eigenvalue weighted by Crippen LogP contribution is 2.28. The zero-order valence-electron chi connectivity index (χ0n) is 12.6. The maximum Gasteiger partial charge on any atom is 0.163 e. The highest BCUT2D eigenvalue weighted by Gasteiger charge is 2.36. The number of hydrogen-bond acceptors (Lipinski definition) is 4. The van der Waals surface area contributed by atoms with Crippen molar-refractivity contribution in [2.24, 2.45) is 5.92 Å². The summed E-state index contributed by atoms with van der Waals surface area (Å²) < 4.78 is 11.7. The van der Waals surface area contributed by atoms with Gasteiger partial charge < -0.3 is 14.8 Å². The average Bonchev–Trinajstić information content (AvgIpc) is 2.79. The van der Waals surface area contributed by atoms with Crippen LogP contribution in [0.25, 0.3) is 0 Å². The third kappa shape index (κ3) is 4.77. The van der Waals surface area contributed by atoms with E-state index in [1.807, 2.05) is 31.7 Å². The smallest absolute Gasteiger partial charge is 0.163 e. The van der Waals surface area contributed by atoms with Gasteiger partial charge in [0.05, 0.1) is 12.7 Å². The fourth-order valence-electron chi connectivity index (χ4n) is 2.46. The van der Waals surface area contributed by atoms with Gasteiger partial charge in [-0.05, 0) is 31.4 Å². The van der Waals surface area contributed by atoms with Gasteiger partial charge in [0.25, 0.3) is 0 Å². The summed E-state index contributed by atoms with van der Waals surface area (Å²) in [7, 11) is 0. The summed E-state index contributed by atoms with van der Waals surface area (Å²) in [5.74, 6) is 1.14. The van der Waals surface area contributed by atoms with Crippen LogP contribution in [0.5, 0.6) is 0 Å². The van der Waals surface area contributed by atoms with Crippen LogP contribution in [-0.2, 0) is 16.0 Å². The first-order chi connectivity index (χ1) is 9.61. The molecule has 2 rings (SSSR count). The van der Waals surface area contributed by atoms with Crippen molar-refractivity contribution in [3.63, 3.8) is 0 Å². The Hall–Kier alpha value is -0.550. The summed E-state index contributed by atoms with van der Waals surface area (Å²) in [5, 5.41) is 3.54. The lowest BCUT2D eigenvalue weighted by atomic mass is 10.1. The lowest BCUT2D eigenvalue weighted by molar-refractivity contribution is -0.143. The van der Waals surface area contributed by atoms with Crippen LogP contribution < -0.4 is 5.32 Å². The number of nitrogens with one attached hydrogen (secondary N) is 1. The minimum Gasteiger partial charge on any atom is -0.348 e. The molecule has 112 valence electrons. The Labute approximate surface area is 126 Å². The third-order valence-electron chi connectivity index (χ3n) is 3.52. The Bertz CT molecular complexity index is 397. The van der Waals surface area contributed by atoms with E-state index in [-0.39, 0.29) is 6.10 Å². The monoisotopic (exact) mass is 295 g/mol. The molecule has 1 aromatic rings. The van der Waals surface area contributed by atoms with Crippen LogP contribution >= 0.6 is 11.8 Å². The largest absolute Gasteiger partial charge is 0.348 e. The molecule has 0 amide bonds. The summed E-state index contributed by atoms with van der Waals surface area (Å²) in [4.78, 5) is 0. The van der Waals surface area contributed by atoms with E-state index in [0.29, 0.717) is 12.5 Å². The number of ether oxygens (including phenoxy) is 2. The molecule has 4 heteroatoms. The van der Waals surface area contributed by atoms with Crippen LogP contribution in [0, 0.1) is 5.92 Å². The maximum absolute atomic E-state index is 5.99. The second-order valence-corrected chi connectivity index (χ2v) is 6.61. The fourth-order valence-corrected chi connectivity index (χ4v) is 3.22. The molecule has 3 nitrogen and oxygen atoms in total. The van der Waals surface area contributed by atoms with Crippen molar-refractivity contribution in [3.05, 3.63) is 35.9 Å². The van der Waals surface area contributed by atoms with Gasteiger partial charge in [0.15, 0.2) is 5.79 Å². The van der Waals surface area contributed by atoms with E-state index in [4.69, 9.17) is 9.47 Å². The van der Waals surface area contributed by atoms with E-state index >= 15 is 0 Å². The van der Waals surface area contributed by atoms with Crippen molar-refractivity contribution in [2.45, 2.75) is 32.3 Å². The molecule has 1 aliphatic heterocycles. The molecule has 1 saturated heterocycles. The van der Waals surface area contributed by atoms with E-state index in [0.717, 1.165) is 18.8 Å². The summed E-state index contributed by atoms with van der Waals surface area (Å²) in [6, 6.07) is 10.5. The summed E-state index contributed by atoms with van der Waals surface area (Å²) in [5.41, 5.74) is 1.32. The van der Waals surface area contributed by atoms with Gasteiger partial charge in [-0.3, -0.25) is 0 Å². The molecule has 1 aliphatic rings. The van der Waals surface area contributed by atoms with Gasteiger partial charge in [-0.1, -0.05) is 30.3 Å². The Morgan fingerprint density at radius 1 is 1.35 bits per heavy atom. The number of rotatable bonds is 7. The topological polar surface area (TPSA) is 30.5 Å². The molecular formula is C16H25NO2S. The SMILES string of the molecule is CSC[C@@H](CNCc1ccccc1)[C@@H]1COC(C)(C)O1. The Morgan fingerprint density at radius 2 is 2.10 bits per heavy atom. The minimum absolute atomic E-state index is 0.195. The third-order valence-corrected chi connectivity index (χ3v) is 4.28. The number of thioether (sulfide) groups is 1. The second kappa shape index (κ2) is 7.46. The van der Waals surface area contributed by atoms with E-state index in [1.165, 1.54) is 5.56 Å². The van der Waals surface area contributed by atoms with Gasteiger partial charge in [-0.15, -0.1) is 0 Å². The van der Waals surface area contributed by atoms with E-state index in [1.54, 1.807) is 0 Å². The maximum atomic E-state index is 5.99. The van der Waals surface area contributed by atoms with Crippen molar-refractivity contribution in [1.82, 2.24) is 5.32 Å². The molecule has 1 aromatic carbocycles. The molecule has 0 saturated carbocycles. The molecule has 0 spiro atoms. The van der Waals surface area contributed by atoms with E-state index in [9.17, 15) is 0 Å². The first-order valence-corrected chi connectivity index (χ1v) is 8.55. The van der Waals surface area contributed by atoms with Gasteiger partial charge in [-0.2, -0.15) is 11.8 Å². The van der Waals surface area contributed by atoms with Gasteiger partial charge in [0.2, 0.25) is 0 Å². The first kappa shape index (κ1) is 15.8. The second-order valence-electron chi connectivity index (χ2n) is 5.70. The van der Waals surface area contributed by atoms with Crippen LogP contribution in [0.3, 0.4) is 0 Å². The van der Waals surface area contributed by atoms with Gasteiger partial charge in [0.1, 0.15) is 0 Å². The molecule has 0 aliphatic carbocycles. The number of hydrogen-bond donors (Lipinski definition) is 1. The predicted octanol–water partition coefficient (Wildman–Crippen LogP) is 2.91. The summed E-state index contributed by atoms with van der Waals surface area (Å²) >= 11 is 1.87. The van der Waals surface area contributed by atoms with Gasteiger partial charge in [-0.25, -0.2) is 0 Å². The lowest BCUT2D eigenvalue weighted by Crippen LogP contribution is -2.35. The van der Waals surface area contributed by atoms with Crippen molar-refractivity contribution >= 4 is 11.8 Å². The molecule has 2 atom stereocenters. The molecule has 1 heterocycles. The molecule has 20 heavy (non-hydrogen) atoms. The van der Waals surface area contributed by atoms with Gasteiger partial charge in [0, 0.05) is 19.0 Å². The fraction of sp³-hybridized carbons (Fsp3) is 0.625. The van der Waals surface area contributed by atoms with Crippen LogP contribution in [0.2, 0.25) is 0 Å². The molecule has 0 aromatic heterocycles. The Morgan fingerprint density at radius 3 is 2.70 bits per heavy atom. The van der Waals surface area contributed by atoms with Crippen molar-refractivity contribution < 1.29 is 9.47 Å². The van der Waals surface area contributed by atoms with Crippen molar-refractivity contribution in [1.29, 1.82) is 0 Å². The number of benzene rings is 1. The molecule has 0 unspecified atom stereocenters. The molecule has 1 fully saturated rings. The first-order valence-electron chi connectivity index (χ1n) is 7.16.